The lowest BCUT2D eigenvalue weighted by Crippen LogP contribution is -2.42. The van der Waals surface area contributed by atoms with Crippen molar-refractivity contribution in [2.45, 2.75) is 45.6 Å². The highest BCUT2D eigenvalue weighted by Gasteiger charge is 2.27. The van der Waals surface area contributed by atoms with E-state index in [9.17, 15) is 4.79 Å². The highest BCUT2D eigenvalue weighted by molar-refractivity contribution is 7.22. The lowest BCUT2D eigenvalue weighted by Gasteiger charge is -2.33. The van der Waals surface area contributed by atoms with Crippen LogP contribution >= 0.6 is 11.3 Å². The van der Waals surface area contributed by atoms with Gasteiger partial charge in [0.25, 0.3) is 5.89 Å². The number of thiophene rings is 1. The number of aromatic nitrogens is 3. The number of rotatable bonds is 3. The van der Waals surface area contributed by atoms with E-state index >= 15 is 0 Å². The lowest BCUT2D eigenvalue weighted by molar-refractivity contribution is 0.0183. The number of ether oxygens (including phenoxy) is 1. The van der Waals surface area contributed by atoms with Gasteiger partial charge in [-0.25, -0.2) is 4.79 Å². The van der Waals surface area contributed by atoms with Gasteiger partial charge in [0, 0.05) is 42.0 Å². The van der Waals surface area contributed by atoms with Crippen LogP contribution in [-0.2, 0) is 11.2 Å². The van der Waals surface area contributed by atoms with Crippen LogP contribution in [0, 0.1) is 5.92 Å². The smallest absolute Gasteiger partial charge is 0.410 e. The predicted molar refractivity (Wildman–Crippen MR) is 107 cm³/mol. The molecule has 0 aliphatic carbocycles. The van der Waals surface area contributed by atoms with E-state index in [1.165, 1.54) is 0 Å². The van der Waals surface area contributed by atoms with Crippen LogP contribution < -0.4 is 0 Å². The summed E-state index contributed by atoms with van der Waals surface area (Å²) >= 11 is 1.62. The molecule has 8 heteroatoms. The lowest BCUT2D eigenvalue weighted by atomic mass is 9.93. The molecule has 4 rings (SSSR count). The average Bonchev–Trinajstić information content (AvgIpc) is 3.27. The number of amides is 1. The topological polar surface area (TPSA) is 81.4 Å². The van der Waals surface area contributed by atoms with E-state index in [0.29, 0.717) is 24.9 Å². The third-order valence-corrected chi connectivity index (χ3v) is 5.84. The van der Waals surface area contributed by atoms with Crippen LogP contribution in [0.25, 0.3) is 20.9 Å². The molecule has 0 spiro atoms. The number of likely N-dealkylation sites (tertiary alicyclic amines) is 1. The van der Waals surface area contributed by atoms with Gasteiger partial charge in [0.1, 0.15) is 5.60 Å². The fraction of sp³-hybridized carbons (Fsp3) is 0.500. The second-order valence-corrected chi connectivity index (χ2v) is 9.24. The molecule has 0 bridgehead atoms. The molecule has 3 aromatic rings. The minimum absolute atomic E-state index is 0.230. The van der Waals surface area contributed by atoms with Crippen LogP contribution in [0.15, 0.2) is 29.0 Å². The van der Waals surface area contributed by atoms with Gasteiger partial charge in [-0.05, 0) is 51.7 Å². The van der Waals surface area contributed by atoms with Crippen molar-refractivity contribution < 1.29 is 14.1 Å². The summed E-state index contributed by atoms with van der Waals surface area (Å²) < 4.78 is 12.1. The predicted octanol–water partition coefficient (Wildman–Crippen LogP) is 4.54. The fourth-order valence-corrected chi connectivity index (χ4v) is 4.28. The van der Waals surface area contributed by atoms with Crippen LogP contribution in [0.2, 0.25) is 0 Å². The number of nitrogens with zero attached hydrogens (tertiary/aromatic N) is 4. The molecule has 0 aromatic carbocycles. The van der Waals surface area contributed by atoms with Crippen molar-refractivity contribution in [2.75, 3.05) is 13.1 Å². The van der Waals surface area contributed by atoms with E-state index < -0.39 is 5.60 Å². The summed E-state index contributed by atoms with van der Waals surface area (Å²) in [6, 6.07) is 4.02. The van der Waals surface area contributed by atoms with Gasteiger partial charge in [-0.1, -0.05) is 5.16 Å². The van der Waals surface area contributed by atoms with Crippen molar-refractivity contribution in [1.29, 1.82) is 0 Å². The van der Waals surface area contributed by atoms with Crippen LogP contribution in [-0.4, -0.2) is 44.8 Å². The normalized spacial score (nSPS) is 15.9. The SMILES string of the molecule is CC(C)(C)OC(=O)N1CCC(Cc2noc(-c3cc4cnccc4s3)n2)CC1. The van der Waals surface area contributed by atoms with Gasteiger partial charge in [-0.3, -0.25) is 4.98 Å². The zero-order chi connectivity index (χ0) is 19.7. The molecule has 148 valence electrons. The number of hydrogen-bond donors (Lipinski definition) is 0. The highest BCUT2D eigenvalue weighted by Crippen LogP contribution is 2.32. The number of carbonyl (C=O) groups is 1. The van der Waals surface area contributed by atoms with E-state index in [1.807, 2.05) is 39.1 Å². The number of fused-ring (bicyclic) bond motifs is 1. The Labute approximate surface area is 167 Å². The van der Waals surface area contributed by atoms with Gasteiger partial charge < -0.3 is 14.2 Å². The number of hydrogen-bond acceptors (Lipinski definition) is 7. The van der Waals surface area contributed by atoms with E-state index in [2.05, 4.69) is 15.1 Å². The van der Waals surface area contributed by atoms with Gasteiger partial charge >= 0.3 is 6.09 Å². The highest BCUT2D eigenvalue weighted by atomic mass is 32.1. The first-order chi connectivity index (χ1) is 13.4. The molecular formula is C20H24N4O3S. The molecule has 1 saturated heterocycles. The summed E-state index contributed by atoms with van der Waals surface area (Å²) in [7, 11) is 0. The minimum atomic E-state index is -0.461. The molecule has 28 heavy (non-hydrogen) atoms. The van der Waals surface area contributed by atoms with Crippen LogP contribution in [0.3, 0.4) is 0 Å². The zero-order valence-corrected chi connectivity index (χ0v) is 17.2. The zero-order valence-electron chi connectivity index (χ0n) is 16.3. The molecule has 4 heterocycles. The molecule has 0 N–H and O–H groups in total. The number of carbonyl (C=O) groups excluding carboxylic acids is 1. The third kappa shape index (κ3) is 4.32. The second kappa shape index (κ2) is 7.50. The summed E-state index contributed by atoms with van der Waals surface area (Å²) in [4.78, 5) is 23.6. The van der Waals surface area contributed by atoms with E-state index in [-0.39, 0.29) is 6.09 Å². The van der Waals surface area contributed by atoms with Crippen molar-refractivity contribution in [3.63, 3.8) is 0 Å². The van der Waals surface area contributed by atoms with Crippen molar-refractivity contribution in [2.24, 2.45) is 5.92 Å². The van der Waals surface area contributed by atoms with E-state index in [4.69, 9.17) is 9.26 Å². The second-order valence-electron chi connectivity index (χ2n) is 8.15. The first-order valence-corrected chi connectivity index (χ1v) is 10.3. The molecule has 7 nitrogen and oxygen atoms in total. The molecule has 0 unspecified atom stereocenters. The van der Waals surface area contributed by atoms with Crippen molar-refractivity contribution in [3.05, 3.63) is 30.4 Å². The van der Waals surface area contributed by atoms with E-state index in [1.54, 1.807) is 22.4 Å². The Bertz CT molecular complexity index is 934. The average molecular weight is 401 g/mol. The van der Waals surface area contributed by atoms with E-state index in [0.717, 1.165) is 40.1 Å². The summed E-state index contributed by atoms with van der Waals surface area (Å²) in [5.41, 5.74) is -0.461. The first-order valence-electron chi connectivity index (χ1n) is 9.52. The molecule has 1 fully saturated rings. The van der Waals surface area contributed by atoms with Crippen LogP contribution in [0.1, 0.15) is 39.4 Å². The van der Waals surface area contributed by atoms with Gasteiger partial charge in [0.2, 0.25) is 0 Å². The Morgan fingerprint density at radius 3 is 2.86 bits per heavy atom. The Balaban J connectivity index is 1.34. The third-order valence-electron chi connectivity index (χ3n) is 4.73. The Morgan fingerprint density at radius 1 is 1.36 bits per heavy atom. The van der Waals surface area contributed by atoms with Gasteiger partial charge in [-0.2, -0.15) is 4.98 Å². The Kier molecular flexibility index (Phi) is 5.05. The maximum absolute atomic E-state index is 12.2. The quantitative estimate of drug-likeness (QED) is 0.642. The maximum Gasteiger partial charge on any atom is 0.410 e. The molecule has 0 saturated carbocycles. The largest absolute Gasteiger partial charge is 0.444 e. The fourth-order valence-electron chi connectivity index (χ4n) is 3.33. The van der Waals surface area contributed by atoms with Crippen LogP contribution in [0.4, 0.5) is 4.79 Å². The van der Waals surface area contributed by atoms with Gasteiger partial charge in [0.15, 0.2) is 5.82 Å². The number of pyridine rings is 1. The van der Waals surface area contributed by atoms with Gasteiger partial charge in [0.05, 0.1) is 4.88 Å². The molecule has 0 radical (unpaired) electrons. The molecule has 3 aromatic heterocycles. The summed E-state index contributed by atoms with van der Waals surface area (Å²) in [5, 5.41) is 5.24. The molecule has 0 atom stereocenters. The first kappa shape index (κ1) is 18.9. The van der Waals surface area contributed by atoms with Crippen molar-refractivity contribution >= 4 is 27.5 Å². The van der Waals surface area contributed by atoms with Gasteiger partial charge in [-0.15, -0.1) is 11.3 Å². The summed E-state index contributed by atoms with van der Waals surface area (Å²) in [6.07, 6.45) is 5.98. The Hall–Kier alpha value is -2.48. The molecular weight excluding hydrogens is 376 g/mol. The molecule has 1 amide bonds. The monoisotopic (exact) mass is 400 g/mol. The standard InChI is InChI=1S/C20H24N4O3S/c1-20(2,3)26-19(25)24-8-5-13(6-9-24)10-17-22-18(27-23-17)16-11-14-12-21-7-4-15(14)28-16/h4,7,11-13H,5-6,8-10H2,1-3H3. The van der Waals surface area contributed by atoms with Crippen LogP contribution in [0.5, 0.6) is 0 Å². The summed E-state index contributed by atoms with van der Waals surface area (Å²) in [6.45, 7) is 7.07. The summed E-state index contributed by atoms with van der Waals surface area (Å²) in [5.74, 6) is 1.72. The molecule has 1 aliphatic heterocycles. The minimum Gasteiger partial charge on any atom is -0.444 e. The molecule has 1 aliphatic rings. The van der Waals surface area contributed by atoms with Crippen molar-refractivity contribution in [1.82, 2.24) is 20.0 Å². The Morgan fingerprint density at radius 2 is 2.14 bits per heavy atom. The maximum atomic E-state index is 12.2. The number of piperidine rings is 1. The van der Waals surface area contributed by atoms with Crippen molar-refractivity contribution in [3.8, 4) is 10.8 Å².